The molecule has 1 atom stereocenters. The Morgan fingerprint density at radius 1 is 1.39 bits per heavy atom. The lowest BCUT2D eigenvalue weighted by atomic mass is 9.88. The summed E-state index contributed by atoms with van der Waals surface area (Å²) in [5, 5.41) is 12.6. The SMILES string of the molecule is CC(C)c1ccc(CC2(C(=O)O)CCCN2)cc1. The monoisotopic (exact) mass is 247 g/mol. The summed E-state index contributed by atoms with van der Waals surface area (Å²) in [6.45, 7) is 5.12. The summed E-state index contributed by atoms with van der Waals surface area (Å²) in [7, 11) is 0. The molecule has 18 heavy (non-hydrogen) atoms. The Morgan fingerprint density at radius 3 is 2.50 bits per heavy atom. The van der Waals surface area contributed by atoms with Crippen molar-refractivity contribution in [3.63, 3.8) is 0 Å². The van der Waals surface area contributed by atoms with Crippen LogP contribution in [0.2, 0.25) is 0 Å². The molecule has 98 valence electrons. The maximum atomic E-state index is 11.4. The lowest BCUT2D eigenvalue weighted by Gasteiger charge is -2.24. The Balaban J connectivity index is 2.15. The van der Waals surface area contributed by atoms with E-state index in [-0.39, 0.29) is 0 Å². The quantitative estimate of drug-likeness (QED) is 0.859. The van der Waals surface area contributed by atoms with Crippen LogP contribution in [-0.4, -0.2) is 23.2 Å². The summed E-state index contributed by atoms with van der Waals surface area (Å²) < 4.78 is 0. The maximum Gasteiger partial charge on any atom is 0.324 e. The fraction of sp³-hybridized carbons (Fsp3) is 0.533. The summed E-state index contributed by atoms with van der Waals surface area (Å²) >= 11 is 0. The molecule has 1 fully saturated rings. The highest BCUT2D eigenvalue weighted by molar-refractivity contribution is 5.79. The van der Waals surface area contributed by atoms with Crippen molar-refractivity contribution in [2.24, 2.45) is 0 Å². The van der Waals surface area contributed by atoms with Crippen LogP contribution < -0.4 is 5.32 Å². The van der Waals surface area contributed by atoms with Gasteiger partial charge in [-0.15, -0.1) is 0 Å². The summed E-state index contributed by atoms with van der Waals surface area (Å²) in [6, 6.07) is 8.31. The molecule has 1 aliphatic rings. The Bertz CT molecular complexity index is 417. The van der Waals surface area contributed by atoms with E-state index in [9.17, 15) is 9.90 Å². The van der Waals surface area contributed by atoms with Gasteiger partial charge in [0.2, 0.25) is 0 Å². The van der Waals surface area contributed by atoms with Gasteiger partial charge in [0.15, 0.2) is 0 Å². The highest BCUT2D eigenvalue weighted by Crippen LogP contribution is 2.25. The molecule has 2 rings (SSSR count). The molecule has 1 aliphatic heterocycles. The van der Waals surface area contributed by atoms with Crippen LogP contribution in [-0.2, 0) is 11.2 Å². The van der Waals surface area contributed by atoms with Crippen LogP contribution >= 0.6 is 0 Å². The van der Waals surface area contributed by atoms with Crippen molar-refractivity contribution in [1.29, 1.82) is 0 Å². The van der Waals surface area contributed by atoms with Crippen LogP contribution in [0.3, 0.4) is 0 Å². The van der Waals surface area contributed by atoms with E-state index < -0.39 is 11.5 Å². The summed E-state index contributed by atoms with van der Waals surface area (Å²) in [5.41, 5.74) is 1.64. The number of carboxylic acids is 1. The molecule has 1 unspecified atom stereocenters. The average molecular weight is 247 g/mol. The average Bonchev–Trinajstić information content (AvgIpc) is 2.79. The number of rotatable bonds is 4. The molecule has 3 heteroatoms. The molecule has 1 aromatic rings. The molecule has 0 saturated carbocycles. The van der Waals surface area contributed by atoms with Gasteiger partial charge in [-0.2, -0.15) is 0 Å². The van der Waals surface area contributed by atoms with Crippen molar-refractivity contribution in [3.05, 3.63) is 35.4 Å². The highest BCUT2D eigenvalue weighted by Gasteiger charge is 2.40. The number of hydrogen-bond donors (Lipinski definition) is 2. The predicted molar refractivity (Wildman–Crippen MR) is 71.8 cm³/mol. The fourth-order valence-electron chi connectivity index (χ4n) is 2.58. The number of benzene rings is 1. The molecule has 2 N–H and O–H groups in total. The molecular formula is C15H21NO2. The minimum atomic E-state index is -0.751. The van der Waals surface area contributed by atoms with Gasteiger partial charge in [0.05, 0.1) is 0 Å². The topological polar surface area (TPSA) is 49.3 Å². The van der Waals surface area contributed by atoms with Gasteiger partial charge in [0, 0.05) is 6.42 Å². The van der Waals surface area contributed by atoms with Gasteiger partial charge in [-0.1, -0.05) is 38.1 Å². The van der Waals surface area contributed by atoms with E-state index in [1.54, 1.807) is 0 Å². The number of hydrogen-bond acceptors (Lipinski definition) is 2. The zero-order valence-electron chi connectivity index (χ0n) is 11.1. The number of nitrogens with one attached hydrogen (secondary N) is 1. The Morgan fingerprint density at radius 2 is 2.06 bits per heavy atom. The molecule has 0 spiro atoms. The first-order chi connectivity index (χ1) is 8.53. The van der Waals surface area contributed by atoms with Crippen LogP contribution in [0, 0.1) is 0 Å². The second-order valence-corrected chi connectivity index (χ2v) is 5.49. The van der Waals surface area contributed by atoms with E-state index in [2.05, 4.69) is 43.4 Å². The Kier molecular flexibility index (Phi) is 3.71. The summed E-state index contributed by atoms with van der Waals surface area (Å²) in [5.74, 6) is -0.218. The van der Waals surface area contributed by atoms with Crippen LogP contribution in [0.15, 0.2) is 24.3 Å². The molecule has 0 radical (unpaired) electrons. The van der Waals surface area contributed by atoms with Gasteiger partial charge in [-0.05, 0) is 36.4 Å². The van der Waals surface area contributed by atoms with E-state index in [0.29, 0.717) is 18.8 Å². The predicted octanol–water partition coefficient (Wildman–Crippen LogP) is 2.56. The third kappa shape index (κ3) is 2.56. The Labute approximate surface area is 108 Å². The van der Waals surface area contributed by atoms with Crippen molar-refractivity contribution in [2.75, 3.05) is 6.54 Å². The smallest absolute Gasteiger partial charge is 0.324 e. The van der Waals surface area contributed by atoms with E-state index in [1.165, 1.54) is 5.56 Å². The lowest BCUT2D eigenvalue weighted by molar-refractivity contribution is -0.144. The van der Waals surface area contributed by atoms with Crippen molar-refractivity contribution in [3.8, 4) is 0 Å². The summed E-state index contributed by atoms with van der Waals surface area (Å²) in [4.78, 5) is 11.4. The number of carbonyl (C=O) groups is 1. The van der Waals surface area contributed by atoms with Gasteiger partial charge in [0.1, 0.15) is 5.54 Å². The Hall–Kier alpha value is -1.35. The molecule has 1 aromatic carbocycles. The maximum absolute atomic E-state index is 11.4. The first kappa shape index (κ1) is 13.1. The van der Waals surface area contributed by atoms with Crippen LogP contribution in [0.5, 0.6) is 0 Å². The van der Waals surface area contributed by atoms with E-state index in [0.717, 1.165) is 18.5 Å². The molecule has 0 amide bonds. The molecule has 1 heterocycles. The zero-order chi connectivity index (χ0) is 13.2. The van der Waals surface area contributed by atoms with Gasteiger partial charge in [0.25, 0.3) is 0 Å². The molecule has 0 aromatic heterocycles. The van der Waals surface area contributed by atoms with Crippen LogP contribution in [0.4, 0.5) is 0 Å². The van der Waals surface area contributed by atoms with Crippen molar-refractivity contribution >= 4 is 5.97 Å². The third-order valence-corrected chi connectivity index (χ3v) is 3.81. The second-order valence-electron chi connectivity index (χ2n) is 5.49. The normalized spacial score (nSPS) is 23.5. The molecular weight excluding hydrogens is 226 g/mol. The van der Waals surface area contributed by atoms with Gasteiger partial charge >= 0.3 is 5.97 Å². The van der Waals surface area contributed by atoms with Gasteiger partial charge in [-0.25, -0.2) is 0 Å². The van der Waals surface area contributed by atoms with Gasteiger partial charge in [-0.3, -0.25) is 4.79 Å². The van der Waals surface area contributed by atoms with E-state index in [4.69, 9.17) is 0 Å². The first-order valence-corrected chi connectivity index (χ1v) is 6.61. The van der Waals surface area contributed by atoms with E-state index >= 15 is 0 Å². The number of carboxylic acid groups (broad SMARTS) is 1. The fourth-order valence-corrected chi connectivity index (χ4v) is 2.58. The summed E-state index contributed by atoms with van der Waals surface area (Å²) in [6.07, 6.45) is 2.23. The van der Waals surface area contributed by atoms with Crippen molar-refractivity contribution in [1.82, 2.24) is 5.32 Å². The third-order valence-electron chi connectivity index (χ3n) is 3.81. The minimum absolute atomic E-state index is 0.511. The highest BCUT2D eigenvalue weighted by atomic mass is 16.4. The first-order valence-electron chi connectivity index (χ1n) is 6.61. The van der Waals surface area contributed by atoms with Crippen molar-refractivity contribution in [2.45, 2.75) is 44.6 Å². The molecule has 0 bridgehead atoms. The second kappa shape index (κ2) is 5.11. The van der Waals surface area contributed by atoms with E-state index in [1.807, 2.05) is 0 Å². The molecule has 0 aliphatic carbocycles. The minimum Gasteiger partial charge on any atom is -0.480 e. The standard InChI is InChI=1S/C15H21NO2/c1-11(2)13-6-4-12(5-7-13)10-15(14(17)18)8-3-9-16-15/h4-7,11,16H,3,8-10H2,1-2H3,(H,17,18). The van der Waals surface area contributed by atoms with Crippen molar-refractivity contribution < 1.29 is 9.90 Å². The molecule has 3 nitrogen and oxygen atoms in total. The largest absolute Gasteiger partial charge is 0.480 e. The van der Waals surface area contributed by atoms with Gasteiger partial charge < -0.3 is 10.4 Å². The van der Waals surface area contributed by atoms with Crippen LogP contribution in [0.25, 0.3) is 0 Å². The van der Waals surface area contributed by atoms with Crippen LogP contribution in [0.1, 0.15) is 43.7 Å². The molecule has 1 saturated heterocycles. The lowest BCUT2D eigenvalue weighted by Crippen LogP contribution is -2.49. The zero-order valence-corrected chi connectivity index (χ0v) is 11.1. The number of aliphatic carboxylic acids is 1.